The number of benzene rings is 2. The van der Waals surface area contributed by atoms with E-state index in [-0.39, 0.29) is 5.56 Å². The van der Waals surface area contributed by atoms with Gasteiger partial charge in [0.05, 0.1) is 5.56 Å². The third kappa shape index (κ3) is 3.57. The van der Waals surface area contributed by atoms with E-state index >= 15 is 0 Å². The first-order valence-electron chi connectivity index (χ1n) is 6.03. The van der Waals surface area contributed by atoms with Crippen LogP contribution >= 0.6 is 0 Å². The molecule has 1 unspecified atom stereocenters. The molecule has 2 rings (SSSR count). The van der Waals surface area contributed by atoms with Crippen molar-refractivity contribution >= 4 is 0 Å². The Kier molecular flexibility index (Phi) is 4.09. The molecule has 0 aliphatic heterocycles. The zero-order valence-electron chi connectivity index (χ0n) is 10.5. The zero-order chi connectivity index (χ0) is 14.8. The molecule has 1 nitrogen and oxygen atoms in total. The summed E-state index contributed by atoms with van der Waals surface area (Å²) in [5.74, 6) is -0.932. The monoisotopic (exact) mass is 283 g/mol. The third-order valence-corrected chi connectivity index (χ3v) is 2.97. The Labute approximate surface area is 114 Å². The first-order valence-corrected chi connectivity index (χ1v) is 6.03. The number of rotatable bonds is 3. The molecule has 0 aliphatic rings. The van der Waals surface area contributed by atoms with Crippen LogP contribution < -0.4 is 5.73 Å². The molecule has 20 heavy (non-hydrogen) atoms. The average molecular weight is 283 g/mol. The summed E-state index contributed by atoms with van der Waals surface area (Å²) in [6.45, 7) is 0. The molecule has 2 aromatic rings. The standard InChI is InChI=1S/C15H13F4N/c16-13-8-11(7-12(9-13)15(17,18)19)14(20)6-10-4-2-1-3-5-10/h1-5,7-9,14H,6,20H2. The predicted molar refractivity (Wildman–Crippen MR) is 68.5 cm³/mol. The molecule has 0 aromatic heterocycles. The Balaban J connectivity index is 2.26. The van der Waals surface area contributed by atoms with E-state index in [1.165, 1.54) is 0 Å². The van der Waals surface area contributed by atoms with Crippen LogP contribution in [0.25, 0.3) is 0 Å². The lowest BCUT2D eigenvalue weighted by molar-refractivity contribution is -0.137. The summed E-state index contributed by atoms with van der Waals surface area (Å²) >= 11 is 0. The van der Waals surface area contributed by atoms with Crippen LogP contribution in [0, 0.1) is 5.82 Å². The van der Waals surface area contributed by atoms with Crippen molar-refractivity contribution < 1.29 is 17.6 Å². The molecule has 0 spiro atoms. The molecule has 5 heteroatoms. The van der Waals surface area contributed by atoms with Crippen LogP contribution in [-0.2, 0) is 12.6 Å². The Morgan fingerprint density at radius 2 is 1.65 bits per heavy atom. The lowest BCUT2D eigenvalue weighted by Crippen LogP contribution is -2.15. The van der Waals surface area contributed by atoms with Gasteiger partial charge >= 0.3 is 6.18 Å². The van der Waals surface area contributed by atoms with Gasteiger partial charge in [0.25, 0.3) is 0 Å². The fourth-order valence-corrected chi connectivity index (χ4v) is 1.98. The number of halogens is 4. The van der Waals surface area contributed by atoms with Gasteiger partial charge in [-0.15, -0.1) is 0 Å². The van der Waals surface area contributed by atoms with E-state index in [1.807, 2.05) is 30.3 Å². The minimum Gasteiger partial charge on any atom is -0.324 e. The Morgan fingerprint density at radius 1 is 1.00 bits per heavy atom. The second-order valence-corrected chi connectivity index (χ2v) is 4.57. The molecule has 0 aliphatic carbocycles. The lowest BCUT2D eigenvalue weighted by Gasteiger charge is -2.15. The molecule has 0 saturated heterocycles. The molecular weight excluding hydrogens is 270 g/mol. The highest BCUT2D eigenvalue weighted by Gasteiger charge is 2.31. The van der Waals surface area contributed by atoms with Gasteiger partial charge in [-0.1, -0.05) is 30.3 Å². The van der Waals surface area contributed by atoms with Gasteiger partial charge in [0.1, 0.15) is 5.82 Å². The number of nitrogens with two attached hydrogens (primary N) is 1. The van der Waals surface area contributed by atoms with Gasteiger partial charge in [-0.2, -0.15) is 13.2 Å². The summed E-state index contributed by atoms with van der Waals surface area (Å²) in [4.78, 5) is 0. The molecule has 0 saturated carbocycles. The van der Waals surface area contributed by atoms with Crippen molar-refractivity contribution in [1.29, 1.82) is 0 Å². The van der Waals surface area contributed by atoms with Gasteiger partial charge in [0.2, 0.25) is 0 Å². The molecule has 2 N–H and O–H groups in total. The second kappa shape index (κ2) is 5.63. The topological polar surface area (TPSA) is 26.0 Å². The molecule has 0 fully saturated rings. The predicted octanol–water partition coefficient (Wildman–Crippen LogP) is 4.09. The molecule has 1 atom stereocenters. The van der Waals surface area contributed by atoms with Crippen LogP contribution in [0.3, 0.4) is 0 Å². The normalized spacial score (nSPS) is 13.2. The second-order valence-electron chi connectivity index (χ2n) is 4.57. The maximum absolute atomic E-state index is 13.3. The largest absolute Gasteiger partial charge is 0.416 e. The fraction of sp³-hybridized carbons (Fsp3) is 0.200. The molecule has 0 heterocycles. The van der Waals surface area contributed by atoms with E-state index < -0.39 is 23.6 Å². The van der Waals surface area contributed by atoms with Crippen LogP contribution in [0.1, 0.15) is 22.7 Å². The van der Waals surface area contributed by atoms with Crippen molar-refractivity contribution in [2.24, 2.45) is 5.73 Å². The van der Waals surface area contributed by atoms with E-state index in [4.69, 9.17) is 5.73 Å². The maximum atomic E-state index is 13.3. The Bertz CT molecular complexity index is 578. The molecule has 0 bridgehead atoms. The average Bonchev–Trinajstić information content (AvgIpc) is 2.38. The van der Waals surface area contributed by atoms with Gasteiger partial charge in [-0.05, 0) is 35.7 Å². The van der Waals surface area contributed by atoms with Crippen LogP contribution in [-0.4, -0.2) is 0 Å². The highest BCUT2D eigenvalue weighted by Crippen LogP contribution is 2.31. The van der Waals surface area contributed by atoms with Crippen LogP contribution in [0.15, 0.2) is 48.5 Å². The molecule has 0 amide bonds. The molecule has 106 valence electrons. The van der Waals surface area contributed by atoms with Gasteiger partial charge in [-0.25, -0.2) is 4.39 Å². The van der Waals surface area contributed by atoms with E-state index in [0.717, 1.165) is 17.7 Å². The number of alkyl halides is 3. The van der Waals surface area contributed by atoms with Crippen molar-refractivity contribution in [3.63, 3.8) is 0 Å². The fourth-order valence-electron chi connectivity index (χ4n) is 1.98. The SMILES string of the molecule is NC(Cc1ccccc1)c1cc(F)cc(C(F)(F)F)c1. The minimum absolute atomic E-state index is 0.140. The number of hydrogen-bond acceptors (Lipinski definition) is 1. The van der Waals surface area contributed by atoms with Crippen molar-refractivity contribution in [1.82, 2.24) is 0 Å². The Hall–Kier alpha value is -1.88. The first-order chi connectivity index (χ1) is 9.36. The minimum atomic E-state index is -4.58. The van der Waals surface area contributed by atoms with Gasteiger partial charge in [-0.3, -0.25) is 0 Å². The van der Waals surface area contributed by atoms with Gasteiger partial charge in [0, 0.05) is 6.04 Å². The van der Waals surface area contributed by atoms with Gasteiger partial charge in [0.15, 0.2) is 0 Å². The Morgan fingerprint density at radius 3 is 2.25 bits per heavy atom. The van der Waals surface area contributed by atoms with Gasteiger partial charge < -0.3 is 5.73 Å². The van der Waals surface area contributed by atoms with E-state index in [1.54, 1.807) is 0 Å². The maximum Gasteiger partial charge on any atom is 0.416 e. The first kappa shape index (κ1) is 14.5. The number of hydrogen-bond donors (Lipinski definition) is 1. The van der Waals surface area contributed by atoms with E-state index in [9.17, 15) is 17.6 Å². The summed E-state index contributed by atoms with van der Waals surface area (Å²) < 4.78 is 51.2. The summed E-state index contributed by atoms with van der Waals surface area (Å²) in [7, 11) is 0. The van der Waals surface area contributed by atoms with E-state index in [0.29, 0.717) is 12.5 Å². The van der Waals surface area contributed by atoms with Crippen LogP contribution in [0.5, 0.6) is 0 Å². The van der Waals surface area contributed by atoms with Crippen molar-refractivity contribution in [3.05, 3.63) is 71.0 Å². The van der Waals surface area contributed by atoms with Crippen LogP contribution in [0.2, 0.25) is 0 Å². The molecular formula is C15H13F4N. The smallest absolute Gasteiger partial charge is 0.324 e. The summed E-state index contributed by atoms with van der Waals surface area (Å²) in [5.41, 5.74) is 5.88. The summed E-state index contributed by atoms with van der Waals surface area (Å²) in [5, 5.41) is 0. The highest BCUT2D eigenvalue weighted by atomic mass is 19.4. The summed E-state index contributed by atoms with van der Waals surface area (Å²) in [6, 6.07) is 10.8. The molecule has 2 aromatic carbocycles. The quantitative estimate of drug-likeness (QED) is 0.844. The zero-order valence-corrected chi connectivity index (χ0v) is 10.5. The van der Waals surface area contributed by atoms with Crippen molar-refractivity contribution in [3.8, 4) is 0 Å². The van der Waals surface area contributed by atoms with Crippen LogP contribution in [0.4, 0.5) is 17.6 Å². The lowest BCUT2D eigenvalue weighted by atomic mass is 9.98. The van der Waals surface area contributed by atoms with Crippen molar-refractivity contribution in [2.75, 3.05) is 0 Å². The van der Waals surface area contributed by atoms with Crippen molar-refractivity contribution in [2.45, 2.75) is 18.6 Å². The highest BCUT2D eigenvalue weighted by molar-refractivity contribution is 5.30. The third-order valence-electron chi connectivity index (χ3n) is 2.97. The van der Waals surface area contributed by atoms with E-state index in [2.05, 4.69) is 0 Å². The molecule has 0 radical (unpaired) electrons. The summed E-state index contributed by atoms with van der Waals surface area (Å²) in [6.07, 6.45) is -4.23.